The van der Waals surface area contributed by atoms with Crippen molar-refractivity contribution in [2.75, 3.05) is 16.6 Å². The third-order valence-corrected chi connectivity index (χ3v) is 6.80. The molecule has 3 aromatic carbocycles. The molecule has 194 valence electrons. The van der Waals surface area contributed by atoms with Crippen LogP contribution in [0.25, 0.3) is 0 Å². The number of benzene rings is 3. The van der Waals surface area contributed by atoms with Crippen LogP contribution in [0.1, 0.15) is 31.2 Å². The quantitative estimate of drug-likeness (QED) is 0.174. The number of nitrogens with one attached hydrogen (secondary N) is 3. The van der Waals surface area contributed by atoms with Crippen LogP contribution in [0.15, 0.2) is 89.8 Å². The molecule has 0 bridgehead atoms. The van der Waals surface area contributed by atoms with E-state index in [1.165, 1.54) is 17.7 Å². The van der Waals surface area contributed by atoms with Gasteiger partial charge in [0, 0.05) is 24.2 Å². The van der Waals surface area contributed by atoms with Crippen molar-refractivity contribution in [3.8, 4) is 0 Å². The van der Waals surface area contributed by atoms with Crippen molar-refractivity contribution in [2.24, 2.45) is 0 Å². The third-order valence-electron chi connectivity index (χ3n) is 5.20. The Bertz CT molecular complexity index is 1280. The Morgan fingerprint density at radius 2 is 1.43 bits per heavy atom. The highest BCUT2D eigenvalue weighted by Gasteiger charge is 2.14. The molecule has 3 N–H and O–H groups in total. The lowest BCUT2D eigenvalue weighted by molar-refractivity contribution is -0.143. The van der Waals surface area contributed by atoms with Crippen LogP contribution < -0.4 is 15.4 Å². The summed E-state index contributed by atoms with van der Waals surface area (Å²) >= 11 is 5.15. The lowest BCUT2D eigenvalue weighted by atomic mass is 10.1. The standard InChI is InChI=1S/C27H29N3O5S2/c31-25(14-7-15-26(32)35-20-8-11-21-9-3-1-4-10-21)29-27(36)28-22-16-18-24(19-17-22)37(33,34)30-23-12-5-2-6-13-23/h1-6,9-10,12-13,16-19,30H,7-8,11,14-15,20H2,(H2,28,29,31,36). The van der Waals surface area contributed by atoms with Gasteiger partial charge < -0.3 is 15.4 Å². The molecule has 3 rings (SSSR count). The number of carbonyl (C=O) groups excluding carboxylic acids is 2. The first-order chi connectivity index (χ1) is 17.8. The number of hydrogen-bond acceptors (Lipinski definition) is 6. The number of carbonyl (C=O) groups is 2. The lowest BCUT2D eigenvalue weighted by Gasteiger charge is -2.11. The van der Waals surface area contributed by atoms with Crippen LogP contribution in [0, 0.1) is 0 Å². The van der Waals surface area contributed by atoms with E-state index in [4.69, 9.17) is 17.0 Å². The summed E-state index contributed by atoms with van der Waals surface area (Å²) in [5.74, 6) is -0.668. The zero-order valence-electron chi connectivity index (χ0n) is 20.2. The molecule has 0 heterocycles. The zero-order valence-corrected chi connectivity index (χ0v) is 21.8. The van der Waals surface area contributed by atoms with E-state index in [0.717, 1.165) is 12.8 Å². The zero-order chi connectivity index (χ0) is 26.5. The molecular formula is C27H29N3O5S2. The summed E-state index contributed by atoms with van der Waals surface area (Å²) in [7, 11) is -3.73. The highest BCUT2D eigenvalue weighted by Crippen LogP contribution is 2.18. The molecular weight excluding hydrogens is 510 g/mol. The Kier molecular flexibility index (Phi) is 10.6. The number of para-hydroxylation sites is 1. The number of aryl methyl sites for hydroxylation is 1. The molecule has 0 aliphatic rings. The molecule has 1 amide bonds. The van der Waals surface area contributed by atoms with Gasteiger partial charge in [0.25, 0.3) is 10.0 Å². The van der Waals surface area contributed by atoms with Crippen LogP contribution in [0.2, 0.25) is 0 Å². The summed E-state index contributed by atoms with van der Waals surface area (Å²) < 4.78 is 32.7. The largest absolute Gasteiger partial charge is 0.466 e. The predicted molar refractivity (Wildman–Crippen MR) is 148 cm³/mol. The van der Waals surface area contributed by atoms with Crippen molar-refractivity contribution in [2.45, 2.75) is 37.0 Å². The van der Waals surface area contributed by atoms with Crippen molar-refractivity contribution in [3.05, 3.63) is 90.5 Å². The Morgan fingerprint density at radius 1 is 0.784 bits per heavy atom. The van der Waals surface area contributed by atoms with E-state index in [-0.39, 0.29) is 34.7 Å². The van der Waals surface area contributed by atoms with E-state index < -0.39 is 10.0 Å². The molecule has 0 saturated carbocycles. The molecule has 0 aliphatic heterocycles. The Hall–Kier alpha value is -3.76. The summed E-state index contributed by atoms with van der Waals surface area (Å²) in [5.41, 5.74) is 2.17. The van der Waals surface area contributed by atoms with Crippen LogP contribution in [-0.2, 0) is 30.8 Å². The average molecular weight is 540 g/mol. The summed E-state index contributed by atoms with van der Waals surface area (Å²) in [6, 6.07) is 24.5. The first-order valence-corrected chi connectivity index (χ1v) is 13.7. The number of ether oxygens (including phenoxy) is 1. The fourth-order valence-electron chi connectivity index (χ4n) is 3.36. The van der Waals surface area contributed by atoms with Gasteiger partial charge in [0.05, 0.1) is 11.5 Å². The number of esters is 1. The summed E-state index contributed by atoms with van der Waals surface area (Å²) in [4.78, 5) is 24.1. The van der Waals surface area contributed by atoms with E-state index in [1.54, 1.807) is 42.5 Å². The molecule has 0 atom stereocenters. The fraction of sp³-hybridized carbons (Fsp3) is 0.222. The average Bonchev–Trinajstić information content (AvgIpc) is 2.88. The molecule has 3 aromatic rings. The third kappa shape index (κ3) is 10.0. The molecule has 0 aromatic heterocycles. The van der Waals surface area contributed by atoms with Crippen molar-refractivity contribution >= 4 is 50.6 Å². The van der Waals surface area contributed by atoms with Crippen LogP contribution in [-0.4, -0.2) is 32.0 Å². The van der Waals surface area contributed by atoms with Gasteiger partial charge in [-0.1, -0.05) is 48.5 Å². The smallest absolute Gasteiger partial charge is 0.305 e. The van der Waals surface area contributed by atoms with Gasteiger partial charge in [0.1, 0.15) is 0 Å². The van der Waals surface area contributed by atoms with Gasteiger partial charge in [0.2, 0.25) is 5.91 Å². The molecule has 10 heteroatoms. The van der Waals surface area contributed by atoms with Crippen LogP contribution in [0.5, 0.6) is 0 Å². The summed E-state index contributed by atoms with van der Waals surface area (Å²) in [5, 5.41) is 5.47. The van der Waals surface area contributed by atoms with Gasteiger partial charge in [0.15, 0.2) is 5.11 Å². The van der Waals surface area contributed by atoms with Gasteiger partial charge in [-0.2, -0.15) is 0 Å². The van der Waals surface area contributed by atoms with E-state index >= 15 is 0 Å². The van der Waals surface area contributed by atoms with Crippen molar-refractivity contribution in [1.29, 1.82) is 0 Å². The maximum atomic E-state index is 12.5. The van der Waals surface area contributed by atoms with Crippen LogP contribution in [0.3, 0.4) is 0 Å². The van der Waals surface area contributed by atoms with Gasteiger partial charge >= 0.3 is 5.97 Å². The highest BCUT2D eigenvalue weighted by molar-refractivity contribution is 7.92. The number of anilines is 2. The van der Waals surface area contributed by atoms with Gasteiger partial charge in [-0.15, -0.1) is 0 Å². The van der Waals surface area contributed by atoms with Crippen molar-refractivity contribution in [1.82, 2.24) is 5.32 Å². The van der Waals surface area contributed by atoms with Gasteiger partial charge in [-0.05, 0) is 73.4 Å². The van der Waals surface area contributed by atoms with Gasteiger partial charge in [-0.3, -0.25) is 14.3 Å². The van der Waals surface area contributed by atoms with E-state index in [0.29, 0.717) is 24.4 Å². The van der Waals surface area contributed by atoms with Crippen LogP contribution in [0.4, 0.5) is 11.4 Å². The fourth-order valence-corrected chi connectivity index (χ4v) is 4.65. The molecule has 0 radical (unpaired) electrons. The molecule has 8 nitrogen and oxygen atoms in total. The molecule has 0 fully saturated rings. The first-order valence-electron chi connectivity index (χ1n) is 11.8. The van der Waals surface area contributed by atoms with Crippen LogP contribution >= 0.6 is 12.2 Å². The van der Waals surface area contributed by atoms with Crippen molar-refractivity contribution < 1.29 is 22.7 Å². The topological polar surface area (TPSA) is 114 Å². The highest BCUT2D eigenvalue weighted by atomic mass is 32.2. The van der Waals surface area contributed by atoms with E-state index in [2.05, 4.69) is 15.4 Å². The SMILES string of the molecule is O=C(CCCC(=O)OCCCc1ccccc1)NC(=S)Nc1ccc(S(=O)(=O)Nc2ccccc2)cc1. The number of sulfonamides is 1. The second-order valence-electron chi connectivity index (χ2n) is 8.16. The molecule has 0 unspecified atom stereocenters. The monoisotopic (exact) mass is 539 g/mol. The first kappa shape index (κ1) is 27.8. The summed E-state index contributed by atoms with van der Waals surface area (Å²) in [6.45, 7) is 0.344. The van der Waals surface area contributed by atoms with E-state index in [9.17, 15) is 18.0 Å². The number of amides is 1. The number of hydrogen-bond donors (Lipinski definition) is 3. The predicted octanol–water partition coefficient (Wildman–Crippen LogP) is 4.65. The number of rotatable bonds is 12. The second-order valence-corrected chi connectivity index (χ2v) is 10.3. The maximum Gasteiger partial charge on any atom is 0.305 e. The van der Waals surface area contributed by atoms with Gasteiger partial charge in [-0.25, -0.2) is 8.42 Å². The molecule has 0 saturated heterocycles. The number of thiocarbonyl (C=S) groups is 1. The molecule has 37 heavy (non-hydrogen) atoms. The lowest BCUT2D eigenvalue weighted by Crippen LogP contribution is -2.34. The Balaban J connectivity index is 1.32. The Morgan fingerprint density at radius 3 is 2.11 bits per heavy atom. The minimum atomic E-state index is -3.73. The maximum absolute atomic E-state index is 12.5. The second kappa shape index (κ2) is 14.1. The molecule has 0 spiro atoms. The van der Waals surface area contributed by atoms with Crippen molar-refractivity contribution in [3.63, 3.8) is 0 Å². The normalized spacial score (nSPS) is 10.8. The Labute approximate surface area is 222 Å². The minimum Gasteiger partial charge on any atom is -0.466 e. The van der Waals surface area contributed by atoms with E-state index in [1.807, 2.05) is 30.3 Å². The summed E-state index contributed by atoms with van der Waals surface area (Å²) in [6.07, 6.45) is 2.18. The molecule has 0 aliphatic carbocycles. The minimum absolute atomic E-state index is 0.0755.